The molecule has 0 aliphatic heterocycles. The summed E-state index contributed by atoms with van der Waals surface area (Å²) in [6, 6.07) is 3.17. The second kappa shape index (κ2) is 5.96. The molecule has 0 spiro atoms. The molecule has 86 valence electrons. The van der Waals surface area contributed by atoms with Gasteiger partial charge >= 0.3 is 5.97 Å². The molecule has 1 aromatic rings. The third-order valence-corrected chi connectivity index (χ3v) is 2.47. The Morgan fingerprint density at radius 3 is 2.69 bits per heavy atom. The molecule has 0 saturated heterocycles. The zero-order chi connectivity index (χ0) is 12.0. The smallest absolute Gasteiger partial charge is 0.313 e. The van der Waals surface area contributed by atoms with Crippen LogP contribution in [0, 0.1) is 0 Å². The van der Waals surface area contributed by atoms with Gasteiger partial charge in [0.15, 0.2) is 0 Å². The number of thioether (sulfide) groups is 1. The van der Waals surface area contributed by atoms with E-state index in [0.29, 0.717) is 0 Å². The van der Waals surface area contributed by atoms with Crippen molar-refractivity contribution in [3.63, 3.8) is 0 Å². The fourth-order valence-electron chi connectivity index (χ4n) is 0.933. The Morgan fingerprint density at radius 2 is 2.12 bits per heavy atom. The van der Waals surface area contributed by atoms with Crippen LogP contribution in [0.4, 0.5) is 0 Å². The molecule has 2 amide bonds. The van der Waals surface area contributed by atoms with Crippen molar-refractivity contribution in [2.24, 2.45) is 0 Å². The number of rotatable bonds is 5. The lowest BCUT2D eigenvalue weighted by molar-refractivity contribution is -0.133. The first-order valence-electron chi connectivity index (χ1n) is 4.36. The Balaban J connectivity index is 2.29. The summed E-state index contributed by atoms with van der Waals surface area (Å²) in [6.07, 6.45) is 1.57. The number of imide groups is 1. The average molecular weight is 242 g/mol. The highest BCUT2D eigenvalue weighted by atomic mass is 32.2. The summed E-state index contributed by atoms with van der Waals surface area (Å²) in [4.78, 5) is 35.3. The molecule has 0 atom stereocenters. The summed E-state index contributed by atoms with van der Waals surface area (Å²) in [6.45, 7) is 0. The Hall–Kier alpha value is -1.76. The normalized spacial score (nSPS) is 9.75. The highest BCUT2D eigenvalue weighted by molar-refractivity contribution is 8.00. The molecule has 0 unspecified atom stereocenters. The summed E-state index contributed by atoms with van der Waals surface area (Å²) in [5.41, 5.74) is 0.289. The summed E-state index contributed by atoms with van der Waals surface area (Å²) < 4.78 is 0. The van der Waals surface area contributed by atoms with Gasteiger partial charge in [0.25, 0.3) is 5.91 Å². The standard InChI is InChI=1S/C9H10N2O4S/c12-7(4-16-5-8(13)14)11-9(15)6-2-1-3-10-6/h1-3,10H,4-5H2,(H,13,14)(H,11,12,15). The largest absolute Gasteiger partial charge is 0.481 e. The highest BCUT2D eigenvalue weighted by Gasteiger charge is 2.11. The number of aromatic nitrogens is 1. The molecule has 7 heteroatoms. The number of carboxylic acid groups (broad SMARTS) is 1. The Bertz CT molecular complexity index is 388. The van der Waals surface area contributed by atoms with Crippen LogP contribution in [-0.4, -0.2) is 39.4 Å². The van der Waals surface area contributed by atoms with Crippen LogP contribution in [0.3, 0.4) is 0 Å². The van der Waals surface area contributed by atoms with Gasteiger partial charge in [-0.2, -0.15) is 0 Å². The van der Waals surface area contributed by atoms with Crippen molar-refractivity contribution in [2.45, 2.75) is 0 Å². The quantitative estimate of drug-likeness (QED) is 0.679. The van der Waals surface area contributed by atoms with Gasteiger partial charge in [-0.1, -0.05) is 0 Å². The van der Waals surface area contributed by atoms with Gasteiger partial charge in [0.05, 0.1) is 11.5 Å². The molecule has 0 fully saturated rings. The lowest BCUT2D eigenvalue weighted by atomic mass is 10.4. The summed E-state index contributed by atoms with van der Waals surface area (Å²) in [7, 11) is 0. The number of amides is 2. The minimum absolute atomic E-state index is 0.0568. The predicted octanol–water partition coefficient (Wildman–Crippen LogP) is 0.0889. The van der Waals surface area contributed by atoms with E-state index in [1.165, 1.54) is 6.07 Å². The zero-order valence-corrected chi connectivity index (χ0v) is 9.04. The van der Waals surface area contributed by atoms with Gasteiger partial charge < -0.3 is 10.1 Å². The molecule has 16 heavy (non-hydrogen) atoms. The highest BCUT2D eigenvalue weighted by Crippen LogP contribution is 1.99. The second-order valence-corrected chi connectivity index (χ2v) is 3.83. The molecule has 1 heterocycles. The summed E-state index contributed by atoms with van der Waals surface area (Å²) in [5, 5.41) is 10.5. The molecule has 1 rings (SSSR count). The van der Waals surface area contributed by atoms with Gasteiger partial charge in [0.2, 0.25) is 5.91 Å². The van der Waals surface area contributed by atoms with Crippen LogP contribution >= 0.6 is 11.8 Å². The lowest BCUT2D eigenvalue weighted by Crippen LogP contribution is -2.32. The van der Waals surface area contributed by atoms with E-state index in [9.17, 15) is 14.4 Å². The van der Waals surface area contributed by atoms with Gasteiger partial charge in [0.1, 0.15) is 5.69 Å². The number of aromatic amines is 1. The fraction of sp³-hybridized carbons (Fsp3) is 0.222. The van der Waals surface area contributed by atoms with Crippen molar-refractivity contribution in [1.82, 2.24) is 10.3 Å². The summed E-state index contributed by atoms with van der Waals surface area (Å²) in [5.74, 6) is -2.24. The minimum atomic E-state index is -0.992. The SMILES string of the molecule is O=C(O)CSCC(=O)NC(=O)c1ccc[nH]1. The topological polar surface area (TPSA) is 99.3 Å². The Kier molecular flexibility index (Phi) is 4.59. The van der Waals surface area contributed by atoms with E-state index in [1.54, 1.807) is 12.3 Å². The number of carboxylic acids is 1. The van der Waals surface area contributed by atoms with Gasteiger partial charge in [-0.3, -0.25) is 19.7 Å². The first kappa shape index (κ1) is 12.3. The molecule has 0 aliphatic carbocycles. The third-order valence-electron chi connectivity index (χ3n) is 1.55. The third kappa shape index (κ3) is 4.18. The van der Waals surface area contributed by atoms with E-state index in [-0.39, 0.29) is 17.2 Å². The molecule has 6 nitrogen and oxygen atoms in total. The van der Waals surface area contributed by atoms with Crippen molar-refractivity contribution in [1.29, 1.82) is 0 Å². The molecule has 0 aromatic carbocycles. The molecule has 0 bridgehead atoms. The average Bonchev–Trinajstić information content (AvgIpc) is 2.69. The van der Waals surface area contributed by atoms with Gasteiger partial charge in [-0.05, 0) is 12.1 Å². The minimum Gasteiger partial charge on any atom is -0.481 e. The van der Waals surface area contributed by atoms with E-state index in [1.807, 2.05) is 0 Å². The number of nitrogens with one attached hydrogen (secondary N) is 2. The van der Waals surface area contributed by atoms with E-state index in [2.05, 4.69) is 10.3 Å². The van der Waals surface area contributed by atoms with Gasteiger partial charge in [-0.15, -0.1) is 11.8 Å². The van der Waals surface area contributed by atoms with E-state index < -0.39 is 17.8 Å². The first-order chi connectivity index (χ1) is 7.59. The van der Waals surface area contributed by atoms with Crippen molar-refractivity contribution in [2.75, 3.05) is 11.5 Å². The number of carbonyl (C=O) groups excluding carboxylic acids is 2. The Morgan fingerprint density at radius 1 is 1.38 bits per heavy atom. The molecule has 0 radical (unpaired) electrons. The second-order valence-electron chi connectivity index (χ2n) is 2.85. The molecular formula is C9H10N2O4S. The van der Waals surface area contributed by atoms with Crippen LogP contribution in [0.1, 0.15) is 10.5 Å². The van der Waals surface area contributed by atoms with Crippen LogP contribution in [0.2, 0.25) is 0 Å². The maximum absolute atomic E-state index is 11.3. The first-order valence-corrected chi connectivity index (χ1v) is 5.52. The lowest BCUT2D eigenvalue weighted by Gasteiger charge is -2.01. The van der Waals surface area contributed by atoms with Crippen LogP contribution in [0.25, 0.3) is 0 Å². The van der Waals surface area contributed by atoms with Crippen molar-refractivity contribution < 1.29 is 19.5 Å². The predicted molar refractivity (Wildman–Crippen MR) is 58.2 cm³/mol. The van der Waals surface area contributed by atoms with E-state index in [4.69, 9.17) is 5.11 Å². The van der Waals surface area contributed by atoms with Crippen LogP contribution in [0.15, 0.2) is 18.3 Å². The van der Waals surface area contributed by atoms with Crippen LogP contribution in [0.5, 0.6) is 0 Å². The Labute approximate surface area is 95.4 Å². The molecule has 3 N–H and O–H groups in total. The number of H-pyrrole nitrogens is 1. The monoisotopic (exact) mass is 242 g/mol. The zero-order valence-electron chi connectivity index (χ0n) is 8.23. The van der Waals surface area contributed by atoms with Gasteiger partial charge in [-0.25, -0.2) is 0 Å². The summed E-state index contributed by atoms with van der Waals surface area (Å²) >= 11 is 0.935. The van der Waals surface area contributed by atoms with Crippen molar-refractivity contribution >= 4 is 29.5 Å². The molecule has 1 aromatic heterocycles. The maximum Gasteiger partial charge on any atom is 0.313 e. The maximum atomic E-state index is 11.3. The van der Waals surface area contributed by atoms with Crippen LogP contribution < -0.4 is 5.32 Å². The number of hydrogen-bond donors (Lipinski definition) is 3. The molecular weight excluding hydrogens is 232 g/mol. The van der Waals surface area contributed by atoms with E-state index in [0.717, 1.165) is 11.8 Å². The van der Waals surface area contributed by atoms with Crippen molar-refractivity contribution in [3.8, 4) is 0 Å². The van der Waals surface area contributed by atoms with Crippen LogP contribution in [-0.2, 0) is 9.59 Å². The molecule has 0 saturated carbocycles. The van der Waals surface area contributed by atoms with Gasteiger partial charge in [0, 0.05) is 6.20 Å². The molecule has 0 aliphatic rings. The van der Waals surface area contributed by atoms with E-state index >= 15 is 0 Å². The van der Waals surface area contributed by atoms with Crippen molar-refractivity contribution in [3.05, 3.63) is 24.0 Å². The number of aliphatic carboxylic acids is 1. The number of carbonyl (C=O) groups is 3. The fourth-order valence-corrected chi connectivity index (χ4v) is 1.47. The number of hydrogen-bond acceptors (Lipinski definition) is 4.